The molecular weight excluding hydrogens is 309 g/mol. The van der Waals surface area contributed by atoms with Crippen LogP contribution in [0.25, 0.3) is 11.3 Å². The predicted molar refractivity (Wildman–Crippen MR) is 70.4 cm³/mol. The molecule has 2 aromatic rings. The summed E-state index contributed by atoms with van der Waals surface area (Å²) in [4.78, 5) is 11.2. The second-order valence-electron chi connectivity index (χ2n) is 4.40. The van der Waals surface area contributed by atoms with Crippen LogP contribution in [0.2, 0.25) is 5.02 Å². The third-order valence-electron chi connectivity index (χ3n) is 2.95. The molecule has 1 atom stereocenters. The Bertz CT molecular complexity index is 665. The van der Waals surface area contributed by atoms with Gasteiger partial charge in [-0.3, -0.25) is 4.68 Å². The molecule has 0 aliphatic heterocycles. The van der Waals surface area contributed by atoms with Crippen molar-refractivity contribution >= 4 is 17.6 Å². The summed E-state index contributed by atoms with van der Waals surface area (Å²) in [5.41, 5.74) is 0.0496. The number of hydrogen-bond acceptors (Lipinski definition) is 2. The summed E-state index contributed by atoms with van der Waals surface area (Å²) in [6.45, 7) is 0.907. The molecule has 1 N–H and O–H groups in total. The van der Waals surface area contributed by atoms with E-state index in [4.69, 9.17) is 16.7 Å². The molecule has 112 valence electrons. The van der Waals surface area contributed by atoms with Gasteiger partial charge in [0.2, 0.25) is 0 Å². The number of hydrogen-bond donors (Lipinski definition) is 1. The van der Waals surface area contributed by atoms with Crippen LogP contribution < -0.4 is 0 Å². The minimum atomic E-state index is -4.51. The largest absolute Gasteiger partial charge is 0.478 e. The Morgan fingerprint density at radius 2 is 1.90 bits per heavy atom. The van der Waals surface area contributed by atoms with E-state index in [-0.39, 0.29) is 11.3 Å². The van der Waals surface area contributed by atoms with Crippen molar-refractivity contribution in [1.29, 1.82) is 0 Å². The fraction of sp³-hybridized carbons (Fsp3) is 0.231. The van der Waals surface area contributed by atoms with E-state index in [1.807, 2.05) is 0 Å². The standard InChI is InChI=1S/C13H10ClF3N2O2/c1-7(13(15,16)17)19-6-10(12(20)21)11(18-19)8-2-4-9(14)5-3-8/h2-7H,1H3,(H,20,21)/t7-/m0/s1. The van der Waals surface area contributed by atoms with Crippen molar-refractivity contribution in [1.82, 2.24) is 9.78 Å². The van der Waals surface area contributed by atoms with Gasteiger partial charge >= 0.3 is 12.1 Å². The molecule has 2 rings (SSSR count). The molecule has 0 amide bonds. The van der Waals surface area contributed by atoms with Crippen LogP contribution in [0.15, 0.2) is 30.5 Å². The highest BCUT2D eigenvalue weighted by Crippen LogP contribution is 2.32. The van der Waals surface area contributed by atoms with E-state index < -0.39 is 18.2 Å². The first-order chi connectivity index (χ1) is 9.70. The second-order valence-corrected chi connectivity index (χ2v) is 4.84. The maximum absolute atomic E-state index is 12.7. The highest BCUT2D eigenvalue weighted by Gasteiger charge is 2.38. The summed E-state index contributed by atoms with van der Waals surface area (Å²) in [6.07, 6.45) is -3.64. The lowest BCUT2D eigenvalue weighted by atomic mass is 10.1. The van der Waals surface area contributed by atoms with Gasteiger partial charge in [0.1, 0.15) is 17.3 Å². The summed E-state index contributed by atoms with van der Waals surface area (Å²) in [7, 11) is 0. The van der Waals surface area contributed by atoms with Gasteiger partial charge in [0.05, 0.1) is 0 Å². The Morgan fingerprint density at radius 3 is 2.38 bits per heavy atom. The van der Waals surface area contributed by atoms with Crippen molar-refractivity contribution in [3.63, 3.8) is 0 Å². The first-order valence-corrected chi connectivity index (χ1v) is 6.23. The fourth-order valence-corrected chi connectivity index (χ4v) is 1.84. The summed E-state index contributed by atoms with van der Waals surface area (Å²) in [6, 6.07) is 4.10. The SMILES string of the molecule is C[C@H](n1cc(C(=O)O)c(-c2ccc(Cl)cc2)n1)C(F)(F)F. The van der Waals surface area contributed by atoms with E-state index in [1.54, 1.807) is 0 Å². The molecule has 8 heteroatoms. The van der Waals surface area contributed by atoms with Crippen molar-refractivity contribution in [2.75, 3.05) is 0 Å². The van der Waals surface area contributed by atoms with E-state index in [9.17, 15) is 18.0 Å². The third-order valence-corrected chi connectivity index (χ3v) is 3.20. The number of rotatable bonds is 3. The Balaban J connectivity index is 2.53. The van der Waals surface area contributed by atoms with E-state index >= 15 is 0 Å². The van der Waals surface area contributed by atoms with Crippen LogP contribution in [0.1, 0.15) is 23.3 Å². The Labute approximate surface area is 122 Å². The molecule has 0 spiro atoms. The molecule has 1 aromatic carbocycles. The summed E-state index contributed by atoms with van der Waals surface area (Å²) >= 11 is 5.73. The molecular formula is C13H10ClF3N2O2. The first-order valence-electron chi connectivity index (χ1n) is 5.85. The van der Waals surface area contributed by atoms with Gasteiger partial charge in [0.25, 0.3) is 0 Å². The number of benzene rings is 1. The normalized spacial score (nSPS) is 13.2. The van der Waals surface area contributed by atoms with Crippen molar-refractivity contribution in [2.45, 2.75) is 19.1 Å². The number of carbonyl (C=O) groups is 1. The quantitative estimate of drug-likeness (QED) is 0.929. The molecule has 1 aromatic heterocycles. The van der Waals surface area contributed by atoms with Crippen molar-refractivity contribution < 1.29 is 23.1 Å². The highest BCUT2D eigenvalue weighted by molar-refractivity contribution is 6.30. The predicted octanol–water partition coefficient (Wildman–Crippen LogP) is 4.03. The average molecular weight is 319 g/mol. The Morgan fingerprint density at radius 1 is 1.33 bits per heavy atom. The number of aromatic nitrogens is 2. The molecule has 21 heavy (non-hydrogen) atoms. The summed E-state index contributed by atoms with van der Waals surface area (Å²) in [5.74, 6) is -1.35. The van der Waals surface area contributed by atoms with Gasteiger partial charge in [-0.1, -0.05) is 23.7 Å². The van der Waals surface area contributed by atoms with Gasteiger partial charge in [0, 0.05) is 16.8 Å². The number of nitrogens with zero attached hydrogens (tertiary/aromatic N) is 2. The zero-order valence-electron chi connectivity index (χ0n) is 10.7. The first kappa shape index (κ1) is 15.4. The number of alkyl halides is 3. The number of carboxylic acids is 1. The van der Waals surface area contributed by atoms with Crippen LogP contribution in [0.5, 0.6) is 0 Å². The molecule has 0 saturated carbocycles. The Kier molecular flexibility index (Phi) is 3.95. The smallest absolute Gasteiger partial charge is 0.410 e. The number of aromatic carboxylic acids is 1. The topological polar surface area (TPSA) is 55.1 Å². The van der Waals surface area contributed by atoms with Gasteiger partial charge in [-0.15, -0.1) is 0 Å². The average Bonchev–Trinajstić information content (AvgIpc) is 2.82. The van der Waals surface area contributed by atoms with Gasteiger partial charge < -0.3 is 5.11 Å². The lowest BCUT2D eigenvalue weighted by molar-refractivity contribution is -0.165. The van der Waals surface area contributed by atoms with E-state index in [1.165, 1.54) is 24.3 Å². The fourth-order valence-electron chi connectivity index (χ4n) is 1.72. The van der Waals surface area contributed by atoms with Crippen LogP contribution >= 0.6 is 11.6 Å². The van der Waals surface area contributed by atoms with E-state index in [0.29, 0.717) is 15.3 Å². The molecule has 0 saturated heterocycles. The number of halogens is 4. The minimum absolute atomic E-state index is 0.0322. The number of carboxylic acid groups (broad SMARTS) is 1. The van der Waals surface area contributed by atoms with E-state index in [0.717, 1.165) is 13.1 Å². The minimum Gasteiger partial charge on any atom is -0.478 e. The maximum atomic E-state index is 12.7. The van der Waals surface area contributed by atoms with Gasteiger partial charge in [-0.25, -0.2) is 4.79 Å². The molecule has 0 fully saturated rings. The molecule has 4 nitrogen and oxygen atoms in total. The summed E-state index contributed by atoms with van der Waals surface area (Å²) < 4.78 is 38.7. The summed E-state index contributed by atoms with van der Waals surface area (Å²) in [5, 5.41) is 13.3. The molecule has 0 aliphatic rings. The van der Waals surface area contributed by atoms with E-state index in [2.05, 4.69) is 5.10 Å². The zero-order valence-corrected chi connectivity index (χ0v) is 11.5. The monoisotopic (exact) mass is 318 g/mol. The van der Waals surface area contributed by atoms with Crippen LogP contribution in [0.4, 0.5) is 13.2 Å². The highest BCUT2D eigenvalue weighted by atomic mass is 35.5. The Hall–Kier alpha value is -2.02. The lowest BCUT2D eigenvalue weighted by Gasteiger charge is -2.15. The lowest BCUT2D eigenvalue weighted by Crippen LogP contribution is -2.24. The van der Waals surface area contributed by atoms with Crippen LogP contribution in [-0.2, 0) is 0 Å². The van der Waals surface area contributed by atoms with Crippen molar-refractivity contribution in [2.24, 2.45) is 0 Å². The van der Waals surface area contributed by atoms with Gasteiger partial charge in [-0.05, 0) is 19.1 Å². The molecule has 0 aliphatic carbocycles. The van der Waals surface area contributed by atoms with Crippen molar-refractivity contribution in [3.8, 4) is 11.3 Å². The van der Waals surface area contributed by atoms with Gasteiger partial charge in [-0.2, -0.15) is 18.3 Å². The zero-order chi connectivity index (χ0) is 15.8. The van der Waals surface area contributed by atoms with Crippen molar-refractivity contribution in [3.05, 3.63) is 41.0 Å². The molecule has 0 unspecified atom stereocenters. The molecule has 0 bridgehead atoms. The van der Waals surface area contributed by atoms with Crippen LogP contribution in [-0.4, -0.2) is 27.0 Å². The second kappa shape index (κ2) is 5.40. The molecule has 1 heterocycles. The molecule has 0 radical (unpaired) electrons. The van der Waals surface area contributed by atoms with Gasteiger partial charge in [0.15, 0.2) is 0 Å². The van der Waals surface area contributed by atoms with Crippen LogP contribution in [0, 0.1) is 0 Å². The maximum Gasteiger partial charge on any atom is 0.410 e. The van der Waals surface area contributed by atoms with Crippen LogP contribution in [0.3, 0.4) is 0 Å². The third kappa shape index (κ3) is 3.18.